The fraction of sp³-hybridized carbons (Fsp3) is 0.0345. The zero-order valence-corrected chi connectivity index (χ0v) is 40.1. The summed E-state index contributed by atoms with van der Waals surface area (Å²) in [5.41, 5.74) is -1.66. The van der Waals surface area contributed by atoms with Gasteiger partial charge in [-0.25, -0.2) is 36.3 Å². The van der Waals surface area contributed by atoms with Gasteiger partial charge >= 0.3 is 0 Å². The average molecular weight is 1070 g/mol. The first-order valence-corrected chi connectivity index (χ1v) is 23.2. The van der Waals surface area contributed by atoms with E-state index in [1.54, 1.807) is 60.7 Å². The van der Waals surface area contributed by atoms with Gasteiger partial charge in [0.2, 0.25) is 0 Å². The second kappa shape index (κ2) is 21.7. The molecule has 0 fully saturated rings. The van der Waals surface area contributed by atoms with E-state index in [1.807, 2.05) is 0 Å². The van der Waals surface area contributed by atoms with E-state index in [0.29, 0.717) is 45.8 Å². The Balaban J connectivity index is 1.19. The number of nitro groups is 1. The number of nitrogens with one attached hydrogen (secondary N) is 4. The van der Waals surface area contributed by atoms with Crippen LogP contribution in [-0.2, 0) is 9.59 Å². The summed E-state index contributed by atoms with van der Waals surface area (Å²) >= 11 is 0. The number of non-ortho nitro benzene ring substituents is 1. The standard InChI is InChI=1S/C58H31F6N7O8/c59-41-19-30(20-42(60)53(41)63)15-17-34-23-32-7-1-3-9-39(32)51-52-40-10-4-2-8-33(40)24-35(18-16-31-21-43(61)54(64)44(62)22-31)56(52)79-29-50(73)68-46-12-6-14-48(66-46)70-58(75)37-25-36(26-38(27-37)71(76)77)57(74)69-47-13-5-11-45(65-47)67-49(72)28-78-55(34)51/h1-14,19-27H,28-29H2,(H2,65,67,69,72,74)(H2,66,68,70,73,75). The van der Waals surface area contributed by atoms with E-state index in [1.165, 1.54) is 36.4 Å². The molecule has 79 heavy (non-hydrogen) atoms. The first-order valence-electron chi connectivity index (χ1n) is 23.2. The molecule has 0 saturated carbocycles. The lowest BCUT2D eigenvalue weighted by molar-refractivity contribution is -0.384. The largest absolute Gasteiger partial charge is 0.482 e. The second-order valence-corrected chi connectivity index (χ2v) is 17.1. The second-order valence-electron chi connectivity index (χ2n) is 17.1. The normalized spacial score (nSPS) is 12.7. The van der Waals surface area contributed by atoms with Crippen molar-refractivity contribution in [3.63, 3.8) is 0 Å². The van der Waals surface area contributed by atoms with Crippen LogP contribution in [0.4, 0.5) is 55.3 Å². The molecule has 7 aromatic carbocycles. The lowest BCUT2D eigenvalue weighted by atomic mass is 9.88. The summed E-state index contributed by atoms with van der Waals surface area (Å²) in [6.45, 7) is -1.67. The van der Waals surface area contributed by atoms with Crippen molar-refractivity contribution in [3.05, 3.63) is 218 Å². The number of carbonyl (C=O) groups is 4. The van der Waals surface area contributed by atoms with Crippen LogP contribution in [0, 0.1) is 68.7 Å². The lowest BCUT2D eigenvalue weighted by Crippen LogP contribution is -2.22. The predicted molar refractivity (Wildman–Crippen MR) is 277 cm³/mol. The molecule has 0 aliphatic carbocycles. The van der Waals surface area contributed by atoms with Gasteiger partial charge < -0.3 is 30.7 Å². The third-order valence-corrected chi connectivity index (χ3v) is 11.8. The first-order chi connectivity index (χ1) is 38.0. The highest BCUT2D eigenvalue weighted by Crippen LogP contribution is 2.48. The molecule has 10 rings (SSSR count). The number of hydrogen-bond acceptors (Lipinski definition) is 10. The van der Waals surface area contributed by atoms with E-state index in [9.17, 15) is 55.6 Å². The van der Waals surface area contributed by atoms with Crippen molar-refractivity contribution in [1.82, 2.24) is 9.97 Å². The number of aromatic nitrogens is 2. The summed E-state index contributed by atoms with van der Waals surface area (Å²) in [5, 5.41) is 23.8. The number of pyridine rings is 2. The maximum absolute atomic E-state index is 14.6. The molecule has 1 aliphatic rings. The van der Waals surface area contributed by atoms with Crippen molar-refractivity contribution in [2.45, 2.75) is 0 Å². The lowest BCUT2D eigenvalue weighted by Gasteiger charge is -2.22. The Morgan fingerprint density at radius 2 is 0.848 bits per heavy atom. The van der Waals surface area contributed by atoms with Gasteiger partial charge in [0.15, 0.2) is 48.1 Å². The van der Waals surface area contributed by atoms with E-state index >= 15 is 0 Å². The van der Waals surface area contributed by atoms with Crippen LogP contribution >= 0.6 is 0 Å². The maximum atomic E-state index is 14.6. The summed E-state index contributed by atoms with van der Waals surface area (Å²) in [4.78, 5) is 75.0. The van der Waals surface area contributed by atoms with Crippen LogP contribution in [0.15, 0.2) is 140 Å². The van der Waals surface area contributed by atoms with E-state index < -0.39 is 82.4 Å². The van der Waals surface area contributed by atoms with Crippen molar-refractivity contribution < 1.29 is 59.9 Å². The molecule has 0 radical (unpaired) electrons. The van der Waals surface area contributed by atoms with Gasteiger partial charge in [-0.05, 0) is 88.3 Å². The van der Waals surface area contributed by atoms with Gasteiger partial charge in [0.25, 0.3) is 29.3 Å². The van der Waals surface area contributed by atoms with Crippen LogP contribution in [0.2, 0.25) is 0 Å². The Morgan fingerprint density at radius 3 is 1.24 bits per heavy atom. The van der Waals surface area contributed by atoms with Crippen LogP contribution in [0.1, 0.15) is 43.0 Å². The minimum absolute atomic E-state index is 0.0179. The summed E-state index contributed by atoms with van der Waals surface area (Å²) in [6.07, 6.45) is 0. The van der Waals surface area contributed by atoms with E-state index in [2.05, 4.69) is 54.9 Å². The maximum Gasteiger partial charge on any atom is 0.271 e. The molecule has 388 valence electrons. The monoisotopic (exact) mass is 1070 g/mol. The zero-order chi connectivity index (χ0) is 55.5. The molecule has 9 aromatic rings. The van der Waals surface area contributed by atoms with Gasteiger partial charge in [-0.3, -0.25) is 29.3 Å². The number of carbonyl (C=O) groups excluding carboxylic acids is 4. The predicted octanol–water partition coefficient (Wildman–Crippen LogP) is 10.8. The van der Waals surface area contributed by atoms with Crippen LogP contribution in [-0.4, -0.2) is 51.7 Å². The van der Waals surface area contributed by atoms with Crippen molar-refractivity contribution in [1.29, 1.82) is 0 Å². The molecule has 0 spiro atoms. The molecule has 4 N–H and O–H groups in total. The number of hydrogen-bond donors (Lipinski definition) is 4. The number of fused-ring (bicyclic) bond motifs is 13. The fourth-order valence-electron chi connectivity index (χ4n) is 8.31. The zero-order valence-electron chi connectivity index (χ0n) is 40.1. The van der Waals surface area contributed by atoms with E-state index in [0.717, 1.165) is 18.2 Å². The Kier molecular flexibility index (Phi) is 14.1. The number of anilines is 4. The van der Waals surface area contributed by atoms with Gasteiger partial charge in [-0.1, -0.05) is 84.3 Å². The highest BCUT2D eigenvalue weighted by atomic mass is 19.2. The van der Waals surface area contributed by atoms with Crippen molar-refractivity contribution in [2.24, 2.45) is 0 Å². The Bertz CT molecular complexity index is 3930. The Labute approximate surface area is 441 Å². The van der Waals surface area contributed by atoms with Crippen LogP contribution in [0.25, 0.3) is 32.7 Å². The topological polar surface area (TPSA) is 204 Å². The smallest absolute Gasteiger partial charge is 0.271 e. The third kappa shape index (κ3) is 11.2. The number of benzene rings is 7. The SMILES string of the molecule is O=C1COc2c(C#Cc3cc(F)c(F)c(F)c3)cc3ccccc3c2-c2c(c(C#Cc3cc(F)c(F)c(F)c3)cc3ccccc23)OCC(=O)Nc2cccc(n2)NC(=O)c2cc(cc([N+](=O)[O-])c2)C(=O)Nc2cccc(n2)N1. The van der Waals surface area contributed by atoms with Crippen molar-refractivity contribution in [3.8, 4) is 46.3 Å². The number of nitrogens with zero attached hydrogens (tertiary/aromatic N) is 3. The van der Waals surface area contributed by atoms with Gasteiger partial charge in [0.1, 0.15) is 34.8 Å². The highest BCUT2D eigenvalue weighted by molar-refractivity contribution is 6.12. The van der Waals surface area contributed by atoms with E-state index in [-0.39, 0.29) is 79.3 Å². The van der Waals surface area contributed by atoms with Gasteiger partial charge in [-0.15, -0.1) is 0 Å². The Morgan fingerprint density at radius 1 is 0.468 bits per heavy atom. The number of halogens is 6. The fourth-order valence-corrected chi connectivity index (χ4v) is 8.31. The van der Waals surface area contributed by atoms with Gasteiger partial charge in [-0.2, -0.15) is 0 Å². The molecule has 0 atom stereocenters. The molecule has 21 heteroatoms. The van der Waals surface area contributed by atoms with Crippen LogP contribution in [0.5, 0.6) is 11.5 Å². The number of rotatable bonds is 1. The summed E-state index contributed by atoms with van der Waals surface area (Å²) < 4.78 is 99.4. The molecule has 4 amide bonds. The Hall–Kier alpha value is -11.1. The highest BCUT2D eigenvalue weighted by Gasteiger charge is 2.27. The van der Waals surface area contributed by atoms with Crippen molar-refractivity contribution in [2.75, 3.05) is 34.5 Å². The summed E-state index contributed by atoms with van der Waals surface area (Å²) in [7, 11) is 0. The summed E-state index contributed by atoms with van der Waals surface area (Å²) in [6, 6.07) is 30.5. The first kappa shape index (κ1) is 51.4. The quantitative estimate of drug-likeness (QED) is 0.0403. The number of nitro benzene ring substituents is 1. The minimum Gasteiger partial charge on any atom is -0.482 e. The van der Waals surface area contributed by atoms with Crippen LogP contribution in [0.3, 0.4) is 0 Å². The molecule has 15 nitrogen and oxygen atoms in total. The average Bonchev–Trinajstić information content (AvgIpc) is 3.61. The van der Waals surface area contributed by atoms with Crippen molar-refractivity contribution >= 4 is 74.1 Å². The minimum atomic E-state index is -1.73. The molecule has 6 bridgehead atoms. The summed E-state index contributed by atoms with van der Waals surface area (Å²) in [5.74, 6) is -3.07. The molecular formula is C58H31F6N7O8. The number of amides is 4. The molecule has 3 heterocycles. The molecule has 2 aromatic heterocycles. The van der Waals surface area contributed by atoms with E-state index in [4.69, 9.17) is 9.47 Å². The molecule has 0 unspecified atom stereocenters. The van der Waals surface area contributed by atoms with Gasteiger partial charge in [0, 0.05) is 45.5 Å². The molecule has 1 aliphatic heterocycles. The van der Waals surface area contributed by atoms with Gasteiger partial charge in [0.05, 0.1) is 16.1 Å². The number of ether oxygens (including phenoxy) is 2. The third-order valence-electron chi connectivity index (χ3n) is 11.8. The van der Waals surface area contributed by atoms with Crippen LogP contribution < -0.4 is 30.7 Å². The molecule has 0 saturated heterocycles. The molecular weight excluding hydrogens is 1040 g/mol.